The summed E-state index contributed by atoms with van der Waals surface area (Å²) in [6.07, 6.45) is 6.96. The molecule has 4 fully saturated rings. The number of hydrogen-bond donors (Lipinski definition) is 2. The number of fused-ring (bicyclic) bond motifs is 3. The first kappa shape index (κ1) is 43.2. The number of likely N-dealkylation sites (tertiary alicyclic amines) is 2. The number of nitrogens with zero attached hydrogens (tertiary/aromatic N) is 11. The van der Waals surface area contributed by atoms with Crippen LogP contribution in [0.15, 0.2) is 78.7 Å². The highest BCUT2D eigenvalue weighted by Gasteiger charge is 2.54. The minimum absolute atomic E-state index is 0.0521. The lowest BCUT2D eigenvalue weighted by Gasteiger charge is -2.61. The second-order valence-electron chi connectivity index (χ2n) is 19.0. The number of aryl methyl sites for hydroxylation is 2. The van der Waals surface area contributed by atoms with E-state index < -0.39 is 36.3 Å². The predicted molar refractivity (Wildman–Crippen MR) is 251 cm³/mol. The van der Waals surface area contributed by atoms with E-state index in [1.165, 1.54) is 27.0 Å². The van der Waals surface area contributed by atoms with Gasteiger partial charge >= 0.3 is 6.03 Å². The van der Waals surface area contributed by atoms with Crippen LogP contribution in [0.3, 0.4) is 0 Å². The summed E-state index contributed by atoms with van der Waals surface area (Å²) in [5.74, 6) is -5.10. The van der Waals surface area contributed by atoms with E-state index in [0.717, 1.165) is 49.4 Å². The number of nitrogens with one attached hydrogen (secondary N) is 2. The van der Waals surface area contributed by atoms with Gasteiger partial charge in [0.15, 0.2) is 17.0 Å². The molecule has 12 rings (SSSR count). The predicted octanol–water partition coefficient (Wildman–Crippen LogP) is 5.78. The average molecular weight is 958 g/mol. The third kappa shape index (κ3) is 7.58. The molecule has 0 aliphatic carbocycles. The zero-order valence-electron chi connectivity index (χ0n) is 37.4. The Kier molecular flexibility index (Phi) is 10.2. The molecule has 2 N–H and O–H groups in total. The molecule has 7 aromatic rings. The molecular weight excluding hydrogens is 912 g/mol. The largest absolute Gasteiger partial charge is 0.370 e. The van der Waals surface area contributed by atoms with Gasteiger partial charge < -0.3 is 14.4 Å². The molecule has 2 atom stereocenters. The van der Waals surface area contributed by atoms with Gasteiger partial charge in [0, 0.05) is 92.7 Å². The lowest BCUT2D eigenvalue weighted by Crippen LogP contribution is -2.73. The first-order chi connectivity index (χ1) is 33.3. The van der Waals surface area contributed by atoms with Crippen molar-refractivity contribution in [3.8, 4) is 11.1 Å². The van der Waals surface area contributed by atoms with Gasteiger partial charge in [-0.15, -0.1) is 11.3 Å². The third-order valence-corrected chi connectivity index (χ3v) is 15.1. The second kappa shape index (κ2) is 16.3. The fraction of sp³-hybridized carbons (Fsp3) is 0.375. The molecule has 17 nitrogen and oxygen atoms in total. The van der Waals surface area contributed by atoms with E-state index >= 15 is 13.2 Å². The van der Waals surface area contributed by atoms with Gasteiger partial charge in [-0.1, -0.05) is 18.2 Å². The van der Waals surface area contributed by atoms with Crippen molar-refractivity contribution in [2.45, 2.75) is 50.1 Å². The van der Waals surface area contributed by atoms with Gasteiger partial charge in [-0.05, 0) is 78.9 Å². The van der Waals surface area contributed by atoms with Crippen molar-refractivity contribution >= 4 is 73.5 Å². The Morgan fingerprint density at radius 2 is 1.75 bits per heavy atom. The molecule has 3 aromatic carbocycles. The van der Waals surface area contributed by atoms with Crippen molar-refractivity contribution in [3.05, 3.63) is 101 Å². The summed E-state index contributed by atoms with van der Waals surface area (Å²) < 4.78 is 52.7. The zero-order valence-corrected chi connectivity index (χ0v) is 38.3. The highest BCUT2D eigenvalue weighted by molar-refractivity contribution is 7.13. The molecule has 5 aliphatic rings. The molecule has 9 heterocycles. The standard InChI is InChI=1S/C48H46F3N13O4S/c1-58-38-19-29(6-9-32(38)43(57-58)63-15-11-39(65)54-46(63)68)34-10-14-59(26-48(34,50)51)21-40(66)62-24-47(25-62)22-61(23-47)31-7-4-28(5-8-31)30-17-35(49)33-20-64(56-36(33)18-30)42(44(67)55-45-52-12-16-69-45)41-37-3-2-13-60(37)27-53-41/h4-9,12,16-20,27,34,42H,2-3,10-11,13-15,21-26H2,1H3,(H,52,55,67)(H,54,65,68). The number of benzene rings is 3. The molecule has 0 bridgehead atoms. The molecular formula is C48H46F3N13O4S. The van der Waals surface area contributed by atoms with Crippen molar-refractivity contribution in [2.24, 2.45) is 12.5 Å². The van der Waals surface area contributed by atoms with Crippen LogP contribution in [-0.4, -0.2) is 126 Å². The fourth-order valence-corrected chi connectivity index (χ4v) is 11.5. The third-order valence-electron chi connectivity index (χ3n) is 14.4. The monoisotopic (exact) mass is 957 g/mol. The van der Waals surface area contributed by atoms with E-state index in [9.17, 15) is 19.2 Å². The highest BCUT2D eigenvalue weighted by Crippen LogP contribution is 2.44. The molecule has 21 heteroatoms. The number of halogens is 3. The van der Waals surface area contributed by atoms with Crippen LogP contribution >= 0.6 is 11.3 Å². The number of alkyl halides is 2. The second-order valence-corrected chi connectivity index (χ2v) is 19.9. The zero-order chi connectivity index (χ0) is 47.3. The van der Waals surface area contributed by atoms with Crippen LogP contribution in [0.25, 0.3) is 32.9 Å². The van der Waals surface area contributed by atoms with Gasteiger partial charge in [-0.2, -0.15) is 10.2 Å². The van der Waals surface area contributed by atoms with Crippen molar-refractivity contribution < 1.29 is 32.3 Å². The summed E-state index contributed by atoms with van der Waals surface area (Å²) in [6.45, 7) is 3.38. The molecule has 0 radical (unpaired) electrons. The van der Waals surface area contributed by atoms with E-state index in [1.807, 2.05) is 34.9 Å². The number of anilines is 3. The number of amides is 5. The van der Waals surface area contributed by atoms with Crippen molar-refractivity contribution in [2.75, 3.05) is 67.5 Å². The van der Waals surface area contributed by atoms with E-state index in [2.05, 4.69) is 30.6 Å². The molecule has 5 amide bonds. The van der Waals surface area contributed by atoms with E-state index in [0.29, 0.717) is 69.2 Å². The van der Waals surface area contributed by atoms with Gasteiger partial charge in [-0.25, -0.2) is 27.9 Å². The van der Waals surface area contributed by atoms with Gasteiger partial charge in [0.1, 0.15) is 5.82 Å². The minimum atomic E-state index is -3.09. The van der Waals surface area contributed by atoms with Gasteiger partial charge in [0.25, 0.3) is 11.8 Å². The topological polar surface area (TPSA) is 172 Å². The summed E-state index contributed by atoms with van der Waals surface area (Å²) in [5.41, 5.74) is 5.42. The Hall–Kier alpha value is -7.13. The van der Waals surface area contributed by atoms with Crippen LogP contribution in [0.1, 0.15) is 48.2 Å². The van der Waals surface area contributed by atoms with Crippen molar-refractivity contribution in [3.63, 3.8) is 0 Å². The smallest absolute Gasteiger partial charge is 0.329 e. The molecule has 4 aromatic heterocycles. The Balaban J connectivity index is 0.657. The summed E-state index contributed by atoms with van der Waals surface area (Å²) >= 11 is 1.31. The number of carbonyl (C=O) groups is 4. The lowest BCUT2D eigenvalue weighted by molar-refractivity contribution is -0.149. The van der Waals surface area contributed by atoms with Gasteiger partial charge in [0.2, 0.25) is 11.8 Å². The Morgan fingerprint density at radius 3 is 2.52 bits per heavy atom. The SMILES string of the molecule is Cn1nc(N2CCC(=O)NC2=O)c2ccc(C3CCN(CC(=O)N4CC5(C4)CN(c4ccc(-c6cc(F)c7cn(C(C(=O)Nc8nccs8)c8ncn9c8CCC9)nc7c6)cc4)C5)CC3(F)F)cc21. The minimum Gasteiger partial charge on any atom is -0.370 e. The van der Waals surface area contributed by atoms with E-state index in [-0.39, 0.29) is 49.1 Å². The molecule has 1 spiro atoms. The summed E-state index contributed by atoms with van der Waals surface area (Å²) in [4.78, 5) is 67.1. The van der Waals surface area contributed by atoms with Crippen LogP contribution in [-0.2, 0) is 34.4 Å². The molecule has 5 aliphatic heterocycles. The quantitative estimate of drug-likeness (QED) is 0.171. The summed E-state index contributed by atoms with van der Waals surface area (Å²) in [5, 5.41) is 17.5. The van der Waals surface area contributed by atoms with Crippen LogP contribution in [0.5, 0.6) is 0 Å². The van der Waals surface area contributed by atoms with Crippen LogP contribution in [0, 0.1) is 11.2 Å². The molecule has 4 saturated heterocycles. The number of carbonyl (C=O) groups excluding carboxylic acids is 4. The number of imidazole rings is 1. The van der Waals surface area contributed by atoms with E-state index in [1.54, 1.807) is 63.8 Å². The fourth-order valence-electron chi connectivity index (χ4n) is 11.0. The molecule has 69 heavy (non-hydrogen) atoms. The molecule has 354 valence electrons. The number of hydrogen-bond acceptors (Lipinski definition) is 11. The number of urea groups is 1. The summed E-state index contributed by atoms with van der Waals surface area (Å²) in [6, 6.07) is 14.8. The lowest BCUT2D eigenvalue weighted by atomic mass is 9.72. The van der Waals surface area contributed by atoms with Crippen LogP contribution < -0.4 is 20.4 Å². The highest BCUT2D eigenvalue weighted by atomic mass is 32.1. The first-order valence-corrected chi connectivity index (χ1v) is 23.9. The normalized spacial score (nSPS) is 20.3. The maximum atomic E-state index is 15.9. The van der Waals surface area contributed by atoms with Crippen LogP contribution in [0.2, 0.25) is 0 Å². The maximum Gasteiger partial charge on any atom is 0.329 e. The maximum absolute atomic E-state index is 15.9. The first-order valence-electron chi connectivity index (χ1n) is 23.0. The number of aromatic nitrogens is 7. The number of rotatable bonds is 10. The Morgan fingerprint density at radius 1 is 0.928 bits per heavy atom. The number of imide groups is 1. The number of thiazole rings is 1. The van der Waals surface area contributed by atoms with Crippen molar-refractivity contribution in [1.29, 1.82) is 0 Å². The average Bonchev–Trinajstić information content (AvgIpc) is 4.15. The molecule has 0 saturated carbocycles. The van der Waals surface area contributed by atoms with Gasteiger partial charge in [0.05, 0.1) is 47.4 Å². The molecule has 2 unspecified atom stereocenters. The number of piperidine rings is 1. The van der Waals surface area contributed by atoms with Gasteiger partial charge in [-0.3, -0.25) is 44.2 Å². The van der Waals surface area contributed by atoms with Crippen molar-refractivity contribution in [1.82, 2.24) is 49.2 Å². The Bertz CT molecular complexity index is 3210. The van der Waals surface area contributed by atoms with Crippen LogP contribution in [0.4, 0.5) is 34.6 Å². The Labute approximate surface area is 396 Å². The summed E-state index contributed by atoms with van der Waals surface area (Å²) in [7, 11) is 1.69. The van der Waals surface area contributed by atoms with E-state index in [4.69, 9.17) is 5.10 Å².